The minimum Gasteiger partial charge on any atom is -0.302 e. The standard InChI is InChI=1S/C16H10ClF3N4O/c17-11-4-1-9(2-5-11)14-10(8-21-24-14)3-6-12-7-13(16(18,19)20)23-15(25)22-12/h1-8H,(H,21,24)(H,22,23,25). The topological polar surface area (TPSA) is 74.4 Å². The van der Waals surface area contributed by atoms with E-state index in [0.717, 1.165) is 11.6 Å². The van der Waals surface area contributed by atoms with Crippen LogP contribution >= 0.6 is 11.6 Å². The van der Waals surface area contributed by atoms with Gasteiger partial charge in [0.25, 0.3) is 0 Å². The van der Waals surface area contributed by atoms with Crippen molar-refractivity contribution in [2.75, 3.05) is 0 Å². The molecular formula is C16H10ClF3N4O. The van der Waals surface area contributed by atoms with Gasteiger partial charge in [0.15, 0.2) is 0 Å². The molecule has 5 nitrogen and oxygen atoms in total. The lowest BCUT2D eigenvalue weighted by Crippen LogP contribution is -2.19. The van der Waals surface area contributed by atoms with E-state index in [4.69, 9.17) is 11.6 Å². The summed E-state index contributed by atoms with van der Waals surface area (Å²) in [6.07, 6.45) is -0.308. The molecule has 2 heterocycles. The zero-order chi connectivity index (χ0) is 18.0. The predicted octanol–water partition coefficient (Wildman–Crippen LogP) is 4.00. The van der Waals surface area contributed by atoms with Crippen molar-refractivity contribution in [3.05, 3.63) is 69.0 Å². The summed E-state index contributed by atoms with van der Waals surface area (Å²) >= 11 is 5.85. The maximum absolute atomic E-state index is 12.7. The minimum absolute atomic E-state index is 0.112. The number of H-pyrrole nitrogens is 2. The van der Waals surface area contributed by atoms with Crippen molar-refractivity contribution in [3.8, 4) is 11.3 Å². The van der Waals surface area contributed by atoms with E-state index in [1.54, 1.807) is 29.2 Å². The van der Waals surface area contributed by atoms with E-state index in [2.05, 4.69) is 15.2 Å². The Morgan fingerprint density at radius 2 is 1.84 bits per heavy atom. The van der Waals surface area contributed by atoms with Crippen LogP contribution in [0.3, 0.4) is 0 Å². The molecule has 0 radical (unpaired) electrons. The molecule has 0 aliphatic heterocycles. The molecule has 0 saturated carbocycles. The van der Waals surface area contributed by atoms with E-state index in [1.165, 1.54) is 18.3 Å². The molecule has 128 valence electrons. The first kappa shape index (κ1) is 17.0. The van der Waals surface area contributed by atoms with Gasteiger partial charge in [0, 0.05) is 16.1 Å². The molecule has 0 spiro atoms. The molecule has 1 aromatic carbocycles. The monoisotopic (exact) mass is 366 g/mol. The summed E-state index contributed by atoms with van der Waals surface area (Å²) in [5, 5.41) is 7.32. The molecule has 0 bridgehead atoms. The van der Waals surface area contributed by atoms with Gasteiger partial charge in [0.2, 0.25) is 0 Å². The van der Waals surface area contributed by atoms with Crippen molar-refractivity contribution in [1.82, 2.24) is 20.2 Å². The smallest absolute Gasteiger partial charge is 0.302 e. The highest BCUT2D eigenvalue weighted by atomic mass is 35.5. The molecule has 2 aromatic heterocycles. The van der Waals surface area contributed by atoms with Crippen LogP contribution in [-0.4, -0.2) is 20.2 Å². The summed E-state index contributed by atoms with van der Waals surface area (Å²) < 4.78 is 38.2. The van der Waals surface area contributed by atoms with Crippen LogP contribution in [0, 0.1) is 0 Å². The van der Waals surface area contributed by atoms with Gasteiger partial charge < -0.3 is 4.98 Å². The van der Waals surface area contributed by atoms with Gasteiger partial charge >= 0.3 is 11.9 Å². The van der Waals surface area contributed by atoms with Gasteiger partial charge in [-0.25, -0.2) is 4.79 Å². The number of rotatable bonds is 3. The number of nitrogens with one attached hydrogen (secondary N) is 2. The molecule has 2 N–H and O–H groups in total. The first-order valence-electron chi connectivity index (χ1n) is 6.99. The molecule has 9 heteroatoms. The van der Waals surface area contributed by atoms with Crippen LogP contribution in [0.1, 0.15) is 17.0 Å². The highest BCUT2D eigenvalue weighted by molar-refractivity contribution is 6.30. The Bertz CT molecular complexity index is 974. The van der Waals surface area contributed by atoms with E-state index >= 15 is 0 Å². The second-order valence-corrected chi connectivity index (χ2v) is 5.50. The first-order chi connectivity index (χ1) is 11.8. The van der Waals surface area contributed by atoms with Crippen LogP contribution in [0.15, 0.2) is 41.3 Å². The average Bonchev–Trinajstić information content (AvgIpc) is 3.01. The van der Waals surface area contributed by atoms with E-state index in [1.807, 2.05) is 0 Å². The van der Waals surface area contributed by atoms with E-state index < -0.39 is 17.6 Å². The maximum Gasteiger partial charge on any atom is 0.431 e. The summed E-state index contributed by atoms with van der Waals surface area (Å²) in [5.74, 6) is 0. The highest BCUT2D eigenvalue weighted by Crippen LogP contribution is 2.27. The Morgan fingerprint density at radius 3 is 2.52 bits per heavy atom. The number of nitrogens with zero attached hydrogens (tertiary/aromatic N) is 2. The summed E-state index contributed by atoms with van der Waals surface area (Å²) in [6, 6.07) is 7.74. The minimum atomic E-state index is -4.66. The van der Waals surface area contributed by atoms with Crippen LogP contribution in [0.2, 0.25) is 5.02 Å². The van der Waals surface area contributed by atoms with Crippen LogP contribution in [-0.2, 0) is 6.18 Å². The second-order valence-electron chi connectivity index (χ2n) is 5.06. The number of hydrogen-bond acceptors (Lipinski definition) is 3. The maximum atomic E-state index is 12.7. The molecule has 0 aliphatic carbocycles. The fraction of sp³-hybridized carbons (Fsp3) is 0.0625. The van der Waals surface area contributed by atoms with Gasteiger partial charge in [-0.1, -0.05) is 23.7 Å². The summed E-state index contributed by atoms with van der Waals surface area (Å²) in [7, 11) is 0. The Kier molecular flexibility index (Phi) is 4.45. The third-order valence-corrected chi connectivity index (χ3v) is 3.56. The van der Waals surface area contributed by atoms with Crippen molar-refractivity contribution >= 4 is 23.8 Å². The Balaban J connectivity index is 1.94. The van der Waals surface area contributed by atoms with Crippen LogP contribution in [0.25, 0.3) is 23.4 Å². The Labute approximate surface area is 144 Å². The molecule has 25 heavy (non-hydrogen) atoms. The molecule has 0 amide bonds. The van der Waals surface area contributed by atoms with E-state index in [0.29, 0.717) is 16.3 Å². The SMILES string of the molecule is O=c1nc(C=Cc2cn[nH]c2-c2ccc(Cl)cc2)cc(C(F)(F)F)[nH]1. The van der Waals surface area contributed by atoms with Crippen LogP contribution in [0.4, 0.5) is 13.2 Å². The number of hydrogen-bond donors (Lipinski definition) is 2. The zero-order valence-corrected chi connectivity index (χ0v) is 13.2. The van der Waals surface area contributed by atoms with Crippen molar-refractivity contribution in [2.24, 2.45) is 0 Å². The van der Waals surface area contributed by atoms with Gasteiger partial charge in [0.05, 0.1) is 17.6 Å². The third-order valence-electron chi connectivity index (χ3n) is 3.31. The van der Waals surface area contributed by atoms with Gasteiger partial charge in [-0.3, -0.25) is 5.10 Å². The summed E-state index contributed by atoms with van der Waals surface area (Å²) in [4.78, 5) is 16.5. The van der Waals surface area contributed by atoms with Crippen molar-refractivity contribution < 1.29 is 13.2 Å². The van der Waals surface area contributed by atoms with Gasteiger partial charge in [-0.2, -0.15) is 23.3 Å². The number of aromatic amines is 2. The van der Waals surface area contributed by atoms with Gasteiger partial charge in [0.1, 0.15) is 5.69 Å². The number of benzene rings is 1. The Hall–Kier alpha value is -2.87. The quantitative estimate of drug-likeness (QED) is 0.735. The van der Waals surface area contributed by atoms with Crippen LogP contribution < -0.4 is 5.69 Å². The molecule has 0 atom stereocenters. The largest absolute Gasteiger partial charge is 0.431 e. The average molecular weight is 367 g/mol. The first-order valence-corrected chi connectivity index (χ1v) is 7.37. The normalized spacial score (nSPS) is 12.0. The predicted molar refractivity (Wildman–Crippen MR) is 87.8 cm³/mol. The van der Waals surface area contributed by atoms with Gasteiger partial charge in [-0.15, -0.1) is 0 Å². The number of halogens is 4. The number of aromatic nitrogens is 4. The molecule has 3 aromatic rings. The van der Waals surface area contributed by atoms with Crippen molar-refractivity contribution in [1.29, 1.82) is 0 Å². The zero-order valence-electron chi connectivity index (χ0n) is 12.4. The molecule has 0 fully saturated rings. The van der Waals surface area contributed by atoms with Crippen LogP contribution in [0.5, 0.6) is 0 Å². The molecule has 3 rings (SSSR count). The lowest BCUT2D eigenvalue weighted by atomic mass is 10.1. The third kappa shape index (κ3) is 3.97. The lowest BCUT2D eigenvalue weighted by Gasteiger charge is -2.05. The fourth-order valence-corrected chi connectivity index (χ4v) is 2.29. The van der Waals surface area contributed by atoms with E-state index in [-0.39, 0.29) is 5.69 Å². The molecule has 0 unspecified atom stereocenters. The van der Waals surface area contributed by atoms with Crippen molar-refractivity contribution in [2.45, 2.75) is 6.18 Å². The fourth-order valence-electron chi connectivity index (χ4n) is 2.16. The molecular weight excluding hydrogens is 357 g/mol. The number of alkyl halides is 3. The summed E-state index contributed by atoms with van der Waals surface area (Å²) in [5.41, 5.74) is -0.251. The lowest BCUT2D eigenvalue weighted by molar-refractivity contribution is -0.141. The van der Waals surface area contributed by atoms with Gasteiger partial charge in [-0.05, 0) is 30.4 Å². The Morgan fingerprint density at radius 1 is 1.12 bits per heavy atom. The highest BCUT2D eigenvalue weighted by Gasteiger charge is 2.32. The second kappa shape index (κ2) is 6.56. The van der Waals surface area contributed by atoms with E-state index in [9.17, 15) is 18.0 Å². The summed E-state index contributed by atoms with van der Waals surface area (Å²) in [6.45, 7) is 0. The van der Waals surface area contributed by atoms with Crippen molar-refractivity contribution in [3.63, 3.8) is 0 Å². The molecule has 0 saturated heterocycles. The molecule has 0 aliphatic rings.